The van der Waals surface area contributed by atoms with Crippen LogP contribution in [0.15, 0.2) is 18.6 Å². The number of nitrogens with zero attached hydrogens (tertiary/aromatic N) is 4. The van der Waals surface area contributed by atoms with Crippen LogP contribution in [0, 0.1) is 6.92 Å². The van der Waals surface area contributed by atoms with Crippen molar-refractivity contribution in [3.8, 4) is 0 Å². The van der Waals surface area contributed by atoms with Crippen molar-refractivity contribution in [2.45, 2.75) is 46.3 Å². The van der Waals surface area contributed by atoms with Gasteiger partial charge in [-0.25, -0.2) is 8.78 Å². The van der Waals surface area contributed by atoms with Crippen LogP contribution in [0.4, 0.5) is 14.5 Å². The van der Waals surface area contributed by atoms with Gasteiger partial charge in [0.25, 0.3) is 6.43 Å². The molecule has 0 bridgehead atoms. The van der Waals surface area contributed by atoms with E-state index in [1.165, 1.54) is 4.68 Å². The van der Waals surface area contributed by atoms with E-state index in [1.807, 2.05) is 10.9 Å². The van der Waals surface area contributed by atoms with E-state index >= 15 is 0 Å². The zero-order chi connectivity index (χ0) is 14.5. The van der Waals surface area contributed by atoms with Gasteiger partial charge in [-0.1, -0.05) is 6.92 Å². The second-order valence-electron chi connectivity index (χ2n) is 4.67. The minimum absolute atomic E-state index is 0. The first-order valence-electron chi connectivity index (χ1n) is 6.66. The second kappa shape index (κ2) is 7.97. The first-order valence-corrected chi connectivity index (χ1v) is 6.66. The Hall–Kier alpha value is -1.63. The minimum Gasteiger partial charge on any atom is -0.378 e. The Morgan fingerprint density at radius 3 is 2.71 bits per heavy atom. The highest BCUT2D eigenvalue weighted by Gasteiger charge is 2.10. The normalized spacial score (nSPS) is 10.7. The summed E-state index contributed by atoms with van der Waals surface area (Å²) in [7, 11) is 0. The topological polar surface area (TPSA) is 47.7 Å². The van der Waals surface area contributed by atoms with Crippen LogP contribution in [-0.4, -0.2) is 26.0 Å². The van der Waals surface area contributed by atoms with Gasteiger partial charge >= 0.3 is 0 Å². The molecular formula is C13H20ClF2N5. The molecule has 0 spiro atoms. The molecule has 5 nitrogen and oxygen atoms in total. The Balaban J connectivity index is 0.00000220. The smallest absolute Gasteiger partial charge is 0.257 e. The fourth-order valence-corrected chi connectivity index (χ4v) is 1.98. The van der Waals surface area contributed by atoms with Crippen molar-refractivity contribution >= 4 is 18.1 Å². The molecule has 2 aromatic heterocycles. The molecule has 2 rings (SSSR count). The van der Waals surface area contributed by atoms with Crippen molar-refractivity contribution < 1.29 is 8.78 Å². The number of alkyl halides is 2. The molecule has 8 heteroatoms. The van der Waals surface area contributed by atoms with Crippen LogP contribution in [-0.2, 0) is 19.6 Å². The molecule has 0 aliphatic carbocycles. The molecular weight excluding hydrogens is 300 g/mol. The van der Waals surface area contributed by atoms with Crippen LogP contribution in [0.2, 0.25) is 0 Å². The largest absolute Gasteiger partial charge is 0.378 e. The molecule has 1 N–H and O–H groups in total. The Morgan fingerprint density at radius 2 is 2.05 bits per heavy atom. The van der Waals surface area contributed by atoms with E-state index in [-0.39, 0.29) is 19.0 Å². The molecule has 0 aliphatic heterocycles. The van der Waals surface area contributed by atoms with Gasteiger partial charge in [-0.2, -0.15) is 10.2 Å². The van der Waals surface area contributed by atoms with Crippen LogP contribution in [0.25, 0.3) is 0 Å². The quantitative estimate of drug-likeness (QED) is 0.853. The molecule has 0 saturated heterocycles. The van der Waals surface area contributed by atoms with Crippen molar-refractivity contribution in [2.75, 3.05) is 5.32 Å². The number of aromatic nitrogens is 4. The van der Waals surface area contributed by atoms with Crippen molar-refractivity contribution in [1.29, 1.82) is 0 Å². The summed E-state index contributed by atoms with van der Waals surface area (Å²) in [5.74, 6) is 0. The van der Waals surface area contributed by atoms with Crippen molar-refractivity contribution in [2.24, 2.45) is 0 Å². The summed E-state index contributed by atoms with van der Waals surface area (Å²) in [5, 5.41) is 11.4. The van der Waals surface area contributed by atoms with Gasteiger partial charge in [0.15, 0.2) is 0 Å². The number of anilines is 1. The number of halogens is 3. The summed E-state index contributed by atoms with van der Waals surface area (Å²) < 4.78 is 27.9. The third-order valence-electron chi connectivity index (χ3n) is 3.08. The average Bonchev–Trinajstić information content (AvgIpc) is 2.96. The first kappa shape index (κ1) is 17.4. The predicted molar refractivity (Wildman–Crippen MR) is 80.1 cm³/mol. The maximum atomic E-state index is 12.3. The molecule has 2 aromatic rings. The highest BCUT2D eigenvalue weighted by Crippen LogP contribution is 2.12. The van der Waals surface area contributed by atoms with Crippen LogP contribution < -0.4 is 5.32 Å². The lowest BCUT2D eigenvalue weighted by Crippen LogP contribution is -2.10. The van der Waals surface area contributed by atoms with Crippen LogP contribution in [0.5, 0.6) is 0 Å². The number of hydrogen-bond donors (Lipinski definition) is 1. The van der Waals surface area contributed by atoms with E-state index in [1.54, 1.807) is 19.3 Å². The van der Waals surface area contributed by atoms with Crippen molar-refractivity contribution in [1.82, 2.24) is 19.6 Å². The number of aryl methyl sites for hydroxylation is 1. The van der Waals surface area contributed by atoms with Crippen LogP contribution in [0.1, 0.15) is 24.6 Å². The Morgan fingerprint density at radius 1 is 1.29 bits per heavy atom. The summed E-state index contributed by atoms with van der Waals surface area (Å²) >= 11 is 0. The van der Waals surface area contributed by atoms with E-state index in [2.05, 4.69) is 22.4 Å². The SMILES string of the molecule is CCCn1cc(NCc2cnn(CC(F)F)c2C)cn1.Cl. The standard InChI is InChI=1S/C13H19F2N5.ClH/c1-3-4-19-8-12(7-17-19)16-5-11-6-18-20(10(11)2)9-13(14)15;/h6-8,13,16H,3-5,9H2,1-2H3;1H. The lowest BCUT2D eigenvalue weighted by atomic mass is 10.2. The fraction of sp³-hybridized carbons (Fsp3) is 0.538. The Kier molecular flexibility index (Phi) is 6.61. The van der Waals surface area contributed by atoms with E-state index < -0.39 is 6.43 Å². The van der Waals surface area contributed by atoms with Crippen molar-refractivity contribution in [3.05, 3.63) is 29.8 Å². The summed E-state index contributed by atoms with van der Waals surface area (Å²) in [4.78, 5) is 0. The first-order chi connectivity index (χ1) is 9.60. The third kappa shape index (κ3) is 4.70. The molecule has 2 heterocycles. The van der Waals surface area contributed by atoms with Crippen molar-refractivity contribution in [3.63, 3.8) is 0 Å². The van der Waals surface area contributed by atoms with Gasteiger partial charge in [-0.05, 0) is 13.3 Å². The zero-order valence-corrected chi connectivity index (χ0v) is 12.9. The lowest BCUT2D eigenvalue weighted by molar-refractivity contribution is 0.121. The van der Waals surface area contributed by atoms with Gasteiger partial charge in [0.05, 0.1) is 18.1 Å². The Bertz CT molecular complexity index is 553. The van der Waals surface area contributed by atoms with Gasteiger partial charge < -0.3 is 5.32 Å². The highest BCUT2D eigenvalue weighted by atomic mass is 35.5. The molecule has 0 saturated carbocycles. The molecule has 0 amide bonds. The lowest BCUT2D eigenvalue weighted by Gasteiger charge is -2.05. The number of hydrogen-bond acceptors (Lipinski definition) is 3. The molecule has 0 aromatic carbocycles. The van der Waals surface area contributed by atoms with Gasteiger partial charge in [0.2, 0.25) is 0 Å². The van der Waals surface area contributed by atoms with Crippen LogP contribution >= 0.6 is 12.4 Å². The van der Waals surface area contributed by atoms with E-state index in [4.69, 9.17) is 0 Å². The molecule has 0 aliphatic rings. The Labute approximate surface area is 128 Å². The predicted octanol–water partition coefficient (Wildman–Crippen LogP) is 3.10. The van der Waals surface area contributed by atoms with E-state index in [0.29, 0.717) is 6.54 Å². The monoisotopic (exact) mass is 319 g/mol. The van der Waals surface area contributed by atoms with Crippen LogP contribution in [0.3, 0.4) is 0 Å². The molecule has 0 radical (unpaired) electrons. The minimum atomic E-state index is -2.39. The fourth-order valence-electron chi connectivity index (χ4n) is 1.98. The average molecular weight is 320 g/mol. The number of nitrogens with one attached hydrogen (secondary N) is 1. The van der Waals surface area contributed by atoms with Gasteiger partial charge in [0.1, 0.15) is 6.54 Å². The zero-order valence-electron chi connectivity index (χ0n) is 12.1. The molecule has 0 unspecified atom stereocenters. The molecule has 118 valence electrons. The van der Waals surface area contributed by atoms with Gasteiger partial charge in [0, 0.05) is 30.5 Å². The molecule has 0 fully saturated rings. The van der Waals surface area contributed by atoms with Gasteiger partial charge in [-0.3, -0.25) is 9.36 Å². The summed E-state index contributed by atoms with van der Waals surface area (Å²) in [6.07, 6.45) is 3.96. The summed E-state index contributed by atoms with van der Waals surface area (Å²) in [6, 6.07) is 0. The maximum Gasteiger partial charge on any atom is 0.257 e. The maximum absolute atomic E-state index is 12.3. The second-order valence-corrected chi connectivity index (χ2v) is 4.67. The van der Waals surface area contributed by atoms with E-state index in [0.717, 1.165) is 29.9 Å². The number of rotatable bonds is 7. The van der Waals surface area contributed by atoms with E-state index in [9.17, 15) is 8.78 Å². The summed E-state index contributed by atoms with van der Waals surface area (Å²) in [6.45, 7) is 4.96. The van der Waals surface area contributed by atoms with Gasteiger partial charge in [-0.15, -0.1) is 12.4 Å². The molecule has 21 heavy (non-hydrogen) atoms. The molecule has 0 atom stereocenters. The third-order valence-corrected chi connectivity index (χ3v) is 3.08. The summed E-state index contributed by atoms with van der Waals surface area (Å²) in [5.41, 5.74) is 2.59. The highest BCUT2D eigenvalue weighted by molar-refractivity contribution is 5.85.